The van der Waals surface area contributed by atoms with Crippen molar-refractivity contribution in [1.29, 1.82) is 0 Å². The summed E-state index contributed by atoms with van der Waals surface area (Å²) in [4.78, 5) is 4.87. The first-order valence-electron chi connectivity index (χ1n) is 7.49. The Balaban J connectivity index is 2.06. The number of nitrogens with two attached hydrogens (primary N) is 1. The van der Waals surface area contributed by atoms with E-state index < -0.39 is 0 Å². The molecule has 0 spiro atoms. The molecular formula is C18H19N3. The van der Waals surface area contributed by atoms with Crippen LogP contribution in [0.5, 0.6) is 0 Å². The Labute approximate surface area is 124 Å². The topological polar surface area (TPSA) is 43.8 Å². The highest BCUT2D eigenvalue weighted by Gasteiger charge is 2.30. The average molecular weight is 277 g/mol. The summed E-state index contributed by atoms with van der Waals surface area (Å²) in [5, 5.41) is 0. The minimum atomic E-state index is 0.596. The molecule has 3 aromatic rings. The third-order valence-corrected chi connectivity index (χ3v) is 4.25. The molecule has 0 unspecified atom stereocenters. The summed E-state index contributed by atoms with van der Waals surface area (Å²) >= 11 is 0. The van der Waals surface area contributed by atoms with Crippen molar-refractivity contribution in [3.63, 3.8) is 0 Å². The van der Waals surface area contributed by atoms with Gasteiger partial charge < -0.3 is 5.73 Å². The maximum Gasteiger partial charge on any atom is 0.117 e. The van der Waals surface area contributed by atoms with Gasteiger partial charge in [0.15, 0.2) is 0 Å². The number of nitrogen functional groups attached to an aromatic ring is 1. The number of aryl methyl sites for hydroxylation is 2. The SMILES string of the molecule is Cc1ccc(C)c(-n2c(C3CC3)nc3cc(N)ccc32)c1. The molecule has 1 saturated carbocycles. The molecule has 0 radical (unpaired) electrons. The first-order chi connectivity index (χ1) is 10.1. The van der Waals surface area contributed by atoms with Gasteiger partial charge in [0.05, 0.1) is 16.7 Å². The summed E-state index contributed by atoms with van der Waals surface area (Å²) in [6.45, 7) is 4.30. The predicted molar refractivity (Wildman–Crippen MR) is 86.9 cm³/mol. The zero-order valence-electron chi connectivity index (χ0n) is 12.4. The molecule has 4 rings (SSSR count). The molecule has 2 N–H and O–H groups in total. The number of aromatic nitrogens is 2. The number of anilines is 1. The molecule has 0 aliphatic heterocycles. The van der Waals surface area contributed by atoms with Crippen molar-refractivity contribution in [3.8, 4) is 5.69 Å². The van der Waals surface area contributed by atoms with E-state index in [0.717, 1.165) is 16.7 Å². The number of hydrogen-bond donors (Lipinski definition) is 1. The molecule has 3 heteroatoms. The van der Waals surface area contributed by atoms with E-state index in [2.05, 4.69) is 42.7 Å². The molecular weight excluding hydrogens is 258 g/mol. The lowest BCUT2D eigenvalue weighted by molar-refractivity contribution is 0.891. The number of imidazole rings is 1. The Bertz CT molecular complexity index is 841. The fourth-order valence-electron chi connectivity index (χ4n) is 2.94. The van der Waals surface area contributed by atoms with E-state index in [9.17, 15) is 0 Å². The van der Waals surface area contributed by atoms with Gasteiger partial charge >= 0.3 is 0 Å². The molecule has 0 atom stereocenters. The van der Waals surface area contributed by atoms with Crippen LogP contribution in [0.15, 0.2) is 36.4 Å². The van der Waals surface area contributed by atoms with Crippen molar-refractivity contribution in [2.75, 3.05) is 5.73 Å². The number of hydrogen-bond acceptors (Lipinski definition) is 2. The second-order valence-corrected chi connectivity index (χ2v) is 6.12. The Morgan fingerprint density at radius 3 is 2.67 bits per heavy atom. The molecule has 1 aromatic heterocycles. The van der Waals surface area contributed by atoms with Crippen LogP contribution in [-0.4, -0.2) is 9.55 Å². The van der Waals surface area contributed by atoms with Crippen molar-refractivity contribution in [2.45, 2.75) is 32.6 Å². The maximum absolute atomic E-state index is 5.92. The lowest BCUT2D eigenvalue weighted by Gasteiger charge is -2.13. The molecule has 106 valence electrons. The van der Waals surface area contributed by atoms with Crippen LogP contribution >= 0.6 is 0 Å². The van der Waals surface area contributed by atoms with E-state index in [-0.39, 0.29) is 0 Å². The number of rotatable bonds is 2. The Morgan fingerprint density at radius 2 is 1.90 bits per heavy atom. The molecule has 0 saturated heterocycles. The van der Waals surface area contributed by atoms with Crippen molar-refractivity contribution in [3.05, 3.63) is 53.3 Å². The molecule has 3 nitrogen and oxygen atoms in total. The van der Waals surface area contributed by atoms with Gasteiger partial charge in [-0.05, 0) is 62.1 Å². The van der Waals surface area contributed by atoms with Gasteiger partial charge in [0.2, 0.25) is 0 Å². The van der Waals surface area contributed by atoms with E-state index in [1.54, 1.807) is 0 Å². The third-order valence-electron chi connectivity index (χ3n) is 4.25. The minimum absolute atomic E-state index is 0.596. The van der Waals surface area contributed by atoms with E-state index in [4.69, 9.17) is 10.7 Å². The van der Waals surface area contributed by atoms with Crippen LogP contribution in [0, 0.1) is 13.8 Å². The smallest absolute Gasteiger partial charge is 0.117 e. The molecule has 1 aliphatic carbocycles. The summed E-state index contributed by atoms with van der Waals surface area (Å²) < 4.78 is 2.33. The van der Waals surface area contributed by atoms with E-state index in [0.29, 0.717) is 5.92 Å². The van der Waals surface area contributed by atoms with Gasteiger partial charge in [0.25, 0.3) is 0 Å². The first-order valence-corrected chi connectivity index (χ1v) is 7.49. The zero-order chi connectivity index (χ0) is 14.6. The van der Waals surface area contributed by atoms with Crippen molar-refractivity contribution in [2.24, 2.45) is 0 Å². The van der Waals surface area contributed by atoms with Crippen LogP contribution in [0.4, 0.5) is 5.69 Å². The molecule has 2 aromatic carbocycles. The van der Waals surface area contributed by atoms with Crippen molar-refractivity contribution in [1.82, 2.24) is 9.55 Å². The van der Waals surface area contributed by atoms with Gasteiger partial charge in [-0.2, -0.15) is 0 Å². The van der Waals surface area contributed by atoms with Crippen LogP contribution < -0.4 is 5.73 Å². The molecule has 21 heavy (non-hydrogen) atoms. The van der Waals surface area contributed by atoms with Gasteiger partial charge in [0.1, 0.15) is 5.82 Å². The highest BCUT2D eigenvalue weighted by molar-refractivity contribution is 5.82. The van der Waals surface area contributed by atoms with E-state index in [1.807, 2.05) is 12.1 Å². The van der Waals surface area contributed by atoms with Crippen LogP contribution in [0.25, 0.3) is 16.7 Å². The number of benzene rings is 2. The van der Waals surface area contributed by atoms with Crippen LogP contribution in [0.3, 0.4) is 0 Å². The Kier molecular flexibility index (Phi) is 2.58. The monoisotopic (exact) mass is 277 g/mol. The lowest BCUT2D eigenvalue weighted by Crippen LogP contribution is -2.02. The van der Waals surface area contributed by atoms with Gasteiger partial charge in [-0.15, -0.1) is 0 Å². The molecule has 0 amide bonds. The largest absolute Gasteiger partial charge is 0.399 e. The van der Waals surface area contributed by atoms with Crippen LogP contribution in [0.1, 0.15) is 35.7 Å². The fraction of sp³-hybridized carbons (Fsp3) is 0.278. The highest BCUT2D eigenvalue weighted by atomic mass is 15.1. The predicted octanol–water partition coefficient (Wildman–Crippen LogP) is 4.10. The second-order valence-electron chi connectivity index (χ2n) is 6.12. The summed E-state index contributed by atoms with van der Waals surface area (Å²) in [5.74, 6) is 1.78. The summed E-state index contributed by atoms with van der Waals surface area (Å²) in [6.07, 6.45) is 2.48. The summed E-state index contributed by atoms with van der Waals surface area (Å²) in [6, 6.07) is 12.6. The van der Waals surface area contributed by atoms with Gasteiger partial charge in [0, 0.05) is 11.6 Å². The zero-order valence-corrected chi connectivity index (χ0v) is 12.4. The summed E-state index contributed by atoms with van der Waals surface area (Å²) in [7, 11) is 0. The van der Waals surface area contributed by atoms with E-state index >= 15 is 0 Å². The first kappa shape index (κ1) is 12.5. The molecule has 1 heterocycles. The van der Waals surface area contributed by atoms with Crippen LogP contribution in [-0.2, 0) is 0 Å². The minimum Gasteiger partial charge on any atom is -0.399 e. The third kappa shape index (κ3) is 2.00. The van der Waals surface area contributed by atoms with Gasteiger partial charge in [-0.3, -0.25) is 4.57 Å². The van der Waals surface area contributed by atoms with Gasteiger partial charge in [-0.1, -0.05) is 12.1 Å². The van der Waals surface area contributed by atoms with Crippen molar-refractivity contribution < 1.29 is 0 Å². The average Bonchev–Trinajstić information content (AvgIpc) is 3.23. The molecule has 1 aliphatic rings. The van der Waals surface area contributed by atoms with E-state index in [1.165, 1.54) is 35.5 Å². The quantitative estimate of drug-likeness (QED) is 0.717. The maximum atomic E-state index is 5.92. The number of fused-ring (bicyclic) bond motifs is 1. The summed E-state index contributed by atoms with van der Waals surface area (Å²) in [5.41, 5.74) is 12.6. The highest BCUT2D eigenvalue weighted by Crippen LogP contribution is 2.42. The molecule has 1 fully saturated rings. The fourth-order valence-corrected chi connectivity index (χ4v) is 2.94. The Hall–Kier alpha value is -2.29. The second kappa shape index (κ2) is 4.35. The van der Waals surface area contributed by atoms with Crippen LogP contribution in [0.2, 0.25) is 0 Å². The molecule has 0 bridgehead atoms. The van der Waals surface area contributed by atoms with Crippen molar-refractivity contribution >= 4 is 16.7 Å². The Morgan fingerprint density at radius 1 is 1.10 bits per heavy atom. The standard InChI is InChI=1S/C18H19N3/c1-11-3-4-12(2)17(9-11)21-16-8-7-14(19)10-15(16)20-18(21)13-5-6-13/h3-4,7-10,13H,5-6,19H2,1-2H3. The lowest BCUT2D eigenvalue weighted by atomic mass is 10.1. The normalized spacial score (nSPS) is 14.8. The van der Waals surface area contributed by atoms with Gasteiger partial charge in [-0.25, -0.2) is 4.98 Å². The number of nitrogens with zero attached hydrogens (tertiary/aromatic N) is 2.